The summed E-state index contributed by atoms with van der Waals surface area (Å²) < 4.78 is 10.2. The molecule has 1 N–H and O–H groups in total. The highest BCUT2D eigenvalue weighted by Gasteiger charge is 2.39. The standard InChI is InChI=1S/C15H24N2O5/c1-15(2,3)22-14(20)17-9-5-7-11(17)13(19)21-12(18)10-6-4-8-16-10/h10-11,16H,4-9H2,1-3H3/t10-,11-/m1/s1. The van der Waals surface area contributed by atoms with E-state index in [1.54, 1.807) is 20.8 Å². The maximum atomic E-state index is 12.2. The van der Waals surface area contributed by atoms with Gasteiger partial charge in [-0.3, -0.25) is 4.90 Å². The van der Waals surface area contributed by atoms with Gasteiger partial charge in [0.25, 0.3) is 0 Å². The van der Waals surface area contributed by atoms with E-state index in [9.17, 15) is 14.4 Å². The van der Waals surface area contributed by atoms with Crippen LogP contribution in [-0.4, -0.2) is 53.7 Å². The number of carbonyl (C=O) groups excluding carboxylic acids is 3. The summed E-state index contributed by atoms with van der Waals surface area (Å²) in [5.41, 5.74) is -0.627. The number of nitrogens with zero attached hydrogens (tertiary/aromatic N) is 1. The number of rotatable bonds is 2. The van der Waals surface area contributed by atoms with E-state index in [4.69, 9.17) is 9.47 Å². The molecule has 2 atom stereocenters. The summed E-state index contributed by atoms with van der Waals surface area (Å²) in [6.45, 7) is 6.49. The lowest BCUT2D eigenvalue weighted by atomic mass is 10.2. The zero-order valence-electron chi connectivity index (χ0n) is 13.4. The highest BCUT2D eigenvalue weighted by atomic mass is 16.6. The smallest absolute Gasteiger partial charge is 0.411 e. The van der Waals surface area contributed by atoms with Crippen molar-refractivity contribution < 1.29 is 23.9 Å². The van der Waals surface area contributed by atoms with Crippen LogP contribution in [-0.2, 0) is 19.1 Å². The number of carbonyl (C=O) groups is 3. The molecule has 0 unspecified atom stereocenters. The summed E-state index contributed by atoms with van der Waals surface area (Å²) >= 11 is 0. The van der Waals surface area contributed by atoms with Crippen molar-refractivity contribution in [3.05, 3.63) is 0 Å². The average molecular weight is 312 g/mol. The van der Waals surface area contributed by atoms with E-state index in [1.807, 2.05) is 0 Å². The van der Waals surface area contributed by atoms with Crippen LogP contribution in [0.3, 0.4) is 0 Å². The second-order valence-corrected chi connectivity index (χ2v) is 6.72. The van der Waals surface area contributed by atoms with E-state index in [0.717, 1.165) is 13.0 Å². The minimum atomic E-state index is -0.736. The first-order valence-corrected chi connectivity index (χ1v) is 7.76. The first-order chi connectivity index (χ1) is 10.3. The Morgan fingerprint density at radius 2 is 1.82 bits per heavy atom. The van der Waals surface area contributed by atoms with Gasteiger partial charge in [0.05, 0.1) is 0 Å². The molecule has 0 spiro atoms. The van der Waals surface area contributed by atoms with Gasteiger partial charge in [-0.1, -0.05) is 0 Å². The SMILES string of the molecule is CC(C)(C)OC(=O)N1CCC[C@@H]1C(=O)OC(=O)[C@H]1CCCN1. The molecule has 2 aliphatic rings. The van der Waals surface area contributed by atoms with Gasteiger partial charge in [0, 0.05) is 6.54 Å². The van der Waals surface area contributed by atoms with Crippen LogP contribution in [0.4, 0.5) is 4.79 Å². The second kappa shape index (κ2) is 6.64. The van der Waals surface area contributed by atoms with E-state index in [1.165, 1.54) is 4.90 Å². The normalized spacial score (nSPS) is 25.1. The Bertz CT molecular complexity index is 451. The third-order valence-electron chi connectivity index (χ3n) is 3.70. The topological polar surface area (TPSA) is 84.9 Å². The number of esters is 2. The van der Waals surface area contributed by atoms with Crippen molar-refractivity contribution in [2.24, 2.45) is 0 Å². The minimum absolute atomic E-state index is 0.416. The molecule has 2 aliphatic heterocycles. The molecule has 0 aliphatic carbocycles. The van der Waals surface area contributed by atoms with E-state index < -0.39 is 35.7 Å². The van der Waals surface area contributed by atoms with Crippen molar-refractivity contribution in [2.75, 3.05) is 13.1 Å². The number of hydrogen-bond donors (Lipinski definition) is 1. The molecule has 0 aromatic carbocycles. The lowest BCUT2D eigenvalue weighted by molar-refractivity contribution is -0.164. The molecule has 2 rings (SSSR count). The molecule has 2 fully saturated rings. The highest BCUT2D eigenvalue weighted by molar-refractivity contribution is 5.92. The maximum Gasteiger partial charge on any atom is 0.411 e. The van der Waals surface area contributed by atoms with Crippen molar-refractivity contribution in [3.63, 3.8) is 0 Å². The van der Waals surface area contributed by atoms with Crippen LogP contribution in [0.2, 0.25) is 0 Å². The van der Waals surface area contributed by atoms with Crippen LogP contribution in [0.1, 0.15) is 46.5 Å². The summed E-state index contributed by atoms with van der Waals surface area (Å²) in [5, 5.41) is 2.99. The van der Waals surface area contributed by atoms with Crippen molar-refractivity contribution in [2.45, 2.75) is 64.1 Å². The lowest BCUT2D eigenvalue weighted by Crippen LogP contribution is -2.45. The molecule has 7 nitrogen and oxygen atoms in total. The average Bonchev–Trinajstić information content (AvgIpc) is 3.08. The highest BCUT2D eigenvalue weighted by Crippen LogP contribution is 2.22. The van der Waals surface area contributed by atoms with Gasteiger partial charge in [-0.2, -0.15) is 0 Å². The van der Waals surface area contributed by atoms with Gasteiger partial charge in [-0.15, -0.1) is 0 Å². The van der Waals surface area contributed by atoms with E-state index in [-0.39, 0.29) is 0 Å². The second-order valence-electron chi connectivity index (χ2n) is 6.72. The lowest BCUT2D eigenvalue weighted by Gasteiger charge is -2.27. The minimum Gasteiger partial charge on any atom is -0.444 e. The Labute approximate surface area is 130 Å². The van der Waals surface area contributed by atoms with Crippen LogP contribution in [0.5, 0.6) is 0 Å². The molecule has 22 heavy (non-hydrogen) atoms. The predicted octanol–water partition coefficient (Wildman–Crippen LogP) is 1.21. The Morgan fingerprint density at radius 3 is 2.41 bits per heavy atom. The van der Waals surface area contributed by atoms with Crippen molar-refractivity contribution in [1.82, 2.24) is 10.2 Å². The van der Waals surface area contributed by atoms with E-state index in [0.29, 0.717) is 25.8 Å². The first kappa shape index (κ1) is 16.7. The molecular formula is C15H24N2O5. The molecule has 7 heteroatoms. The van der Waals surface area contributed by atoms with Crippen LogP contribution in [0, 0.1) is 0 Å². The van der Waals surface area contributed by atoms with Gasteiger partial charge < -0.3 is 14.8 Å². The van der Waals surface area contributed by atoms with Gasteiger partial charge in [0.15, 0.2) is 0 Å². The first-order valence-electron chi connectivity index (χ1n) is 7.76. The van der Waals surface area contributed by atoms with Crippen LogP contribution in [0.25, 0.3) is 0 Å². The van der Waals surface area contributed by atoms with Gasteiger partial charge in [-0.05, 0) is 53.0 Å². The summed E-state index contributed by atoms with van der Waals surface area (Å²) in [4.78, 5) is 37.5. The molecule has 0 bridgehead atoms. The summed E-state index contributed by atoms with van der Waals surface area (Å²) in [6.07, 6.45) is 2.20. The predicted molar refractivity (Wildman–Crippen MR) is 78.1 cm³/mol. The van der Waals surface area contributed by atoms with Crippen LogP contribution < -0.4 is 5.32 Å². The van der Waals surface area contributed by atoms with Gasteiger partial charge in [0.2, 0.25) is 0 Å². The summed E-state index contributed by atoms with van der Waals surface area (Å²) in [5.74, 6) is -1.22. The summed E-state index contributed by atoms with van der Waals surface area (Å²) in [7, 11) is 0. The maximum absolute atomic E-state index is 12.2. The number of ether oxygens (including phenoxy) is 2. The van der Waals surface area contributed by atoms with E-state index in [2.05, 4.69) is 5.32 Å². The Balaban J connectivity index is 1.93. The molecule has 0 aromatic heterocycles. The van der Waals surface area contributed by atoms with E-state index >= 15 is 0 Å². The van der Waals surface area contributed by atoms with Crippen LogP contribution in [0.15, 0.2) is 0 Å². The third-order valence-corrected chi connectivity index (χ3v) is 3.70. The number of hydrogen-bond acceptors (Lipinski definition) is 6. The third kappa shape index (κ3) is 4.19. The molecule has 0 radical (unpaired) electrons. The molecule has 1 amide bonds. The fourth-order valence-corrected chi connectivity index (χ4v) is 2.67. The molecule has 0 aromatic rings. The number of nitrogens with one attached hydrogen (secondary N) is 1. The van der Waals surface area contributed by atoms with Gasteiger partial charge >= 0.3 is 18.0 Å². The zero-order chi connectivity index (χ0) is 16.3. The Hall–Kier alpha value is -1.63. The summed E-state index contributed by atoms with van der Waals surface area (Å²) in [6, 6.07) is -1.15. The Morgan fingerprint density at radius 1 is 1.09 bits per heavy atom. The fourth-order valence-electron chi connectivity index (χ4n) is 2.67. The van der Waals surface area contributed by atoms with Crippen LogP contribution >= 0.6 is 0 Å². The van der Waals surface area contributed by atoms with Crippen molar-refractivity contribution in [3.8, 4) is 0 Å². The van der Waals surface area contributed by atoms with Gasteiger partial charge in [-0.25, -0.2) is 14.4 Å². The molecular weight excluding hydrogens is 288 g/mol. The molecule has 2 saturated heterocycles. The largest absolute Gasteiger partial charge is 0.444 e. The van der Waals surface area contributed by atoms with Crippen molar-refractivity contribution in [1.29, 1.82) is 0 Å². The molecule has 2 heterocycles. The number of likely N-dealkylation sites (tertiary alicyclic amines) is 1. The zero-order valence-corrected chi connectivity index (χ0v) is 13.4. The monoisotopic (exact) mass is 312 g/mol. The molecule has 124 valence electrons. The van der Waals surface area contributed by atoms with Crippen molar-refractivity contribution >= 4 is 18.0 Å². The Kier molecular flexibility index (Phi) is 5.05. The fraction of sp³-hybridized carbons (Fsp3) is 0.800. The quantitative estimate of drug-likeness (QED) is 0.609. The van der Waals surface area contributed by atoms with Gasteiger partial charge in [0.1, 0.15) is 17.7 Å². The molecule has 0 saturated carbocycles. The number of amides is 1.